The highest BCUT2D eigenvalue weighted by Crippen LogP contribution is 2.35. The molecule has 5 rings (SSSR count). The van der Waals surface area contributed by atoms with Crippen molar-refractivity contribution < 1.29 is 9.21 Å². The molecule has 0 N–H and O–H groups in total. The minimum atomic E-state index is -0.478. The van der Waals surface area contributed by atoms with Crippen molar-refractivity contribution in [3.8, 4) is 11.5 Å². The lowest BCUT2D eigenvalue weighted by atomic mass is 10.1. The third-order valence-electron chi connectivity index (χ3n) is 5.07. The number of hydrogen-bond acceptors (Lipinski definition) is 5. The van der Waals surface area contributed by atoms with Gasteiger partial charge in [-0.1, -0.05) is 52.5 Å². The van der Waals surface area contributed by atoms with Crippen LogP contribution in [0.4, 0.5) is 0 Å². The van der Waals surface area contributed by atoms with Crippen LogP contribution >= 0.6 is 46.4 Å². The molecule has 0 saturated heterocycles. The number of carbonyl (C=O) groups is 1. The summed E-state index contributed by atoms with van der Waals surface area (Å²) in [6.45, 7) is 0.317. The zero-order chi connectivity index (χ0) is 23.1. The first kappa shape index (κ1) is 21.9. The zero-order valence-corrected chi connectivity index (χ0v) is 19.6. The lowest BCUT2D eigenvalue weighted by Gasteiger charge is -2.09. The highest BCUT2D eigenvalue weighted by Gasteiger charge is 2.27. The topological polar surface area (TPSA) is 73.8 Å². The van der Waals surface area contributed by atoms with Crippen LogP contribution in [0.2, 0.25) is 20.2 Å². The molecule has 33 heavy (non-hydrogen) atoms. The van der Waals surface area contributed by atoms with Crippen LogP contribution in [0.5, 0.6) is 0 Å². The number of benzene rings is 2. The van der Waals surface area contributed by atoms with Crippen molar-refractivity contribution in [2.75, 3.05) is 0 Å². The summed E-state index contributed by atoms with van der Waals surface area (Å²) in [5.41, 5.74) is 2.23. The van der Waals surface area contributed by atoms with Crippen molar-refractivity contribution in [1.29, 1.82) is 0 Å². The highest BCUT2D eigenvalue weighted by atomic mass is 35.5. The molecule has 0 aliphatic heterocycles. The van der Waals surface area contributed by atoms with Crippen LogP contribution in [-0.2, 0) is 6.54 Å². The van der Waals surface area contributed by atoms with Crippen molar-refractivity contribution in [3.63, 3.8) is 0 Å². The summed E-state index contributed by atoms with van der Waals surface area (Å²) < 4.78 is 7.47. The van der Waals surface area contributed by atoms with Gasteiger partial charge in [0.05, 0.1) is 23.8 Å². The van der Waals surface area contributed by atoms with E-state index >= 15 is 0 Å². The van der Waals surface area contributed by atoms with Gasteiger partial charge in [0.25, 0.3) is 11.7 Å². The second kappa shape index (κ2) is 8.80. The Kier molecular flexibility index (Phi) is 5.85. The van der Waals surface area contributed by atoms with Crippen LogP contribution in [0.25, 0.3) is 22.4 Å². The van der Waals surface area contributed by atoms with Crippen LogP contribution in [0.1, 0.15) is 21.8 Å². The van der Waals surface area contributed by atoms with E-state index < -0.39 is 5.78 Å². The lowest BCUT2D eigenvalue weighted by Crippen LogP contribution is -2.04. The molecule has 3 aromatic heterocycles. The Labute approximate surface area is 207 Å². The van der Waals surface area contributed by atoms with Gasteiger partial charge in [0.1, 0.15) is 17.2 Å². The van der Waals surface area contributed by atoms with Gasteiger partial charge in [-0.25, -0.2) is 15.0 Å². The Bertz CT molecular complexity index is 1510. The van der Waals surface area contributed by atoms with Gasteiger partial charge < -0.3 is 8.98 Å². The molecule has 3 heterocycles. The largest absolute Gasteiger partial charge is 0.432 e. The van der Waals surface area contributed by atoms with Gasteiger partial charge in [0.2, 0.25) is 0 Å². The Balaban J connectivity index is 1.61. The van der Waals surface area contributed by atoms with Gasteiger partial charge in [-0.3, -0.25) is 4.79 Å². The second-order valence-corrected chi connectivity index (χ2v) is 8.74. The van der Waals surface area contributed by atoms with E-state index in [9.17, 15) is 4.79 Å². The summed E-state index contributed by atoms with van der Waals surface area (Å²) in [5.74, 6) is -0.255. The number of nitrogens with zero attached hydrogens (tertiary/aromatic N) is 4. The molecule has 0 radical (unpaired) electrons. The minimum Gasteiger partial charge on any atom is -0.432 e. The monoisotopic (exact) mass is 516 g/mol. The summed E-state index contributed by atoms with van der Waals surface area (Å²) in [6.07, 6.45) is 4.39. The van der Waals surface area contributed by atoms with E-state index in [4.69, 9.17) is 50.8 Å². The molecular formula is C23H12Cl4N4O2. The first-order chi connectivity index (χ1) is 15.9. The van der Waals surface area contributed by atoms with Gasteiger partial charge in [-0.2, -0.15) is 0 Å². The maximum atomic E-state index is 13.4. The van der Waals surface area contributed by atoms with Crippen molar-refractivity contribution in [2.45, 2.75) is 6.54 Å². The molecule has 10 heteroatoms. The van der Waals surface area contributed by atoms with Crippen molar-refractivity contribution >= 4 is 63.1 Å². The molecule has 0 aliphatic carbocycles. The van der Waals surface area contributed by atoms with Crippen molar-refractivity contribution in [2.24, 2.45) is 0 Å². The average molecular weight is 518 g/mol. The predicted molar refractivity (Wildman–Crippen MR) is 128 cm³/mol. The smallest absolute Gasteiger partial charge is 0.269 e. The summed E-state index contributed by atoms with van der Waals surface area (Å²) >= 11 is 25.4. The number of oxazole rings is 1. The Hall–Kier alpha value is -2.90. The van der Waals surface area contributed by atoms with E-state index in [1.165, 1.54) is 12.5 Å². The first-order valence-corrected chi connectivity index (χ1v) is 11.1. The molecule has 0 fully saturated rings. The molecular weight excluding hydrogens is 506 g/mol. The number of halogens is 4. The summed E-state index contributed by atoms with van der Waals surface area (Å²) in [5, 5.41) is 2.26. The van der Waals surface area contributed by atoms with Crippen molar-refractivity contribution in [3.05, 3.63) is 98.4 Å². The van der Waals surface area contributed by atoms with E-state index in [-0.39, 0.29) is 16.6 Å². The van der Waals surface area contributed by atoms with Crippen LogP contribution < -0.4 is 0 Å². The number of ketones is 1. The van der Waals surface area contributed by atoms with Gasteiger partial charge in [-0.05, 0) is 42.0 Å². The molecule has 5 aromatic rings. The van der Waals surface area contributed by atoms with Crippen LogP contribution in [0.15, 0.2) is 65.6 Å². The molecule has 0 bridgehead atoms. The van der Waals surface area contributed by atoms with E-state index in [0.29, 0.717) is 44.0 Å². The standard InChI is InChI=1S/C23H12Cl4N4O2/c24-13-3-4-18-15(7-13)20(22(27)31(18)10-12-1-2-14(25)8-16(12)26)21(32)23-29-9-19(33-23)17-5-6-28-11-30-17/h1-9,11H,10H2. The van der Waals surface area contributed by atoms with E-state index in [0.717, 1.165) is 5.56 Å². The maximum Gasteiger partial charge on any atom is 0.269 e. The van der Waals surface area contributed by atoms with Crippen LogP contribution in [0.3, 0.4) is 0 Å². The SMILES string of the molecule is O=C(c1ncc(-c2ccncn2)o1)c1c(Cl)n(Cc2ccc(Cl)cc2Cl)c2ccc(Cl)cc12. The Morgan fingerprint density at radius 1 is 0.970 bits per heavy atom. The third-order valence-corrected chi connectivity index (χ3v) is 6.28. The first-order valence-electron chi connectivity index (χ1n) is 9.60. The number of rotatable bonds is 5. The van der Waals surface area contributed by atoms with E-state index in [1.54, 1.807) is 47.2 Å². The number of carbonyl (C=O) groups excluding carboxylic acids is 1. The second-order valence-electron chi connectivity index (χ2n) is 7.10. The molecule has 0 amide bonds. The Morgan fingerprint density at radius 3 is 2.52 bits per heavy atom. The fourth-order valence-corrected chi connectivity index (χ4v) is 4.51. The maximum absolute atomic E-state index is 13.4. The highest BCUT2D eigenvalue weighted by molar-refractivity contribution is 6.38. The van der Waals surface area contributed by atoms with E-state index in [2.05, 4.69) is 15.0 Å². The summed E-state index contributed by atoms with van der Waals surface area (Å²) in [4.78, 5) is 25.6. The molecule has 164 valence electrons. The molecule has 2 aromatic carbocycles. The van der Waals surface area contributed by atoms with Gasteiger partial charge in [-0.15, -0.1) is 0 Å². The zero-order valence-electron chi connectivity index (χ0n) is 16.6. The molecule has 0 unspecified atom stereocenters. The summed E-state index contributed by atoms with van der Waals surface area (Å²) in [6, 6.07) is 12.1. The number of hydrogen-bond donors (Lipinski definition) is 0. The van der Waals surface area contributed by atoms with Gasteiger partial charge >= 0.3 is 0 Å². The predicted octanol–water partition coefficient (Wildman–Crippen LogP) is 6.98. The quantitative estimate of drug-likeness (QED) is 0.235. The molecule has 0 aliphatic rings. The minimum absolute atomic E-state index is 0.117. The van der Waals surface area contributed by atoms with E-state index in [1.807, 2.05) is 6.07 Å². The number of aromatic nitrogens is 4. The van der Waals surface area contributed by atoms with Crippen molar-refractivity contribution in [1.82, 2.24) is 19.5 Å². The fraction of sp³-hybridized carbons (Fsp3) is 0.0435. The summed E-state index contributed by atoms with van der Waals surface area (Å²) in [7, 11) is 0. The Morgan fingerprint density at radius 2 is 1.76 bits per heavy atom. The number of fused-ring (bicyclic) bond motifs is 1. The van der Waals surface area contributed by atoms with Crippen LogP contribution in [-0.4, -0.2) is 25.3 Å². The molecule has 0 spiro atoms. The molecule has 6 nitrogen and oxygen atoms in total. The van der Waals surface area contributed by atoms with Gasteiger partial charge in [0, 0.05) is 26.7 Å². The third kappa shape index (κ3) is 4.11. The fourth-order valence-electron chi connectivity index (χ4n) is 3.53. The van der Waals surface area contributed by atoms with Gasteiger partial charge in [0.15, 0.2) is 5.76 Å². The molecule has 0 atom stereocenters. The van der Waals surface area contributed by atoms with Crippen LogP contribution in [0, 0.1) is 0 Å². The average Bonchev–Trinajstić information content (AvgIpc) is 3.39. The lowest BCUT2D eigenvalue weighted by molar-refractivity contribution is 0.100. The normalized spacial score (nSPS) is 11.3. The molecule has 0 saturated carbocycles.